The van der Waals surface area contributed by atoms with Gasteiger partial charge in [-0.3, -0.25) is 4.79 Å². The van der Waals surface area contributed by atoms with E-state index in [0.29, 0.717) is 6.54 Å². The van der Waals surface area contributed by atoms with Crippen LogP contribution in [0.2, 0.25) is 0 Å². The number of nitrogens with one attached hydrogen (secondary N) is 1. The Balaban J connectivity index is 1.49. The molecular formula is C15H24N4O2S. The topological polar surface area (TPSA) is 57.7 Å². The van der Waals surface area contributed by atoms with Crippen LogP contribution in [0.25, 0.3) is 0 Å². The number of thiazole rings is 1. The lowest BCUT2D eigenvalue weighted by molar-refractivity contribution is -0.126. The van der Waals surface area contributed by atoms with E-state index in [4.69, 9.17) is 4.74 Å². The summed E-state index contributed by atoms with van der Waals surface area (Å²) in [5.41, 5.74) is 0.948. The summed E-state index contributed by atoms with van der Waals surface area (Å²) >= 11 is 1.64. The number of carbonyl (C=O) groups excluding carboxylic acids is 1. The van der Waals surface area contributed by atoms with E-state index in [0.717, 1.165) is 63.1 Å². The quantitative estimate of drug-likeness (QED) is 0.893. The van der Waals surface area contributed by atoms with Crippen LogP contribution in [0.15, 0.2) is 5.38 Å². The third-order valence-corrected chi connectivity index (χ3v) is 5.21. The van der Waals surface area contributed by atoms with Crippen LogP contribution in [0.4, 0.5) is 5.13 Å². The van der Waals surface area contributed by atoms with Crippen LogP contribution in [0, 0.1) is 5.92 Å². The van der Waals surface area contributed by atoms with E-state index in [2.05, 4.69) is 27.1 Å². The van der Waals surface area contributed by atoms with Crippen LogP contribution in [-0.2, 0) is 16.1 Å². The third-order valence-electron chi connectivity index (χ3n) is 4.26. The van der Waals surface area contributed by atoms with Gasteiger partial charge in [-0.2, -0.15) is 0 Å². The molecule has 2 saturated heterocycles. The highest BCUT2D eigenvalue weighted by Crippen LogP contribution is 2.21. The summed E-state index contributed by atoms with van der Waals surface area (Å²) in [6.45, 7) is 5.81. The van der Waals surface area contributed by atoms with E-state index in [-0.39, 0.29) is 11.8 Å². The van der Waals surface area contributed by atoms with Gasteiger partial charge in [-0.25, -0.2) is 4.98 Å². The van der Waals surface area contributed by atoms with Crippen molar-refractivity contribution in [1.29, 1.82) is 0 Å². The fraction of sp³-hybridized carbons (Fsp3) is 0.733. The molecular weight excluding hydrogens is 300 g/mol. The first kappa shape index (κ1) is 15.7. The average Bonchev–Trinajstić information content (AvgIpc) is 3.02. The van der Waals surface area contributed by atoms with E-state index < -0.39 is 0 Å². The number of hydrogen-bond acceptors (Lipinski definition) is 6. The van der Waals surface area contributed by atoms with Gasteiger partial charge in [0.05, 0.1) is 31.4 Å². The Kier molecular flexibility index (Phi) is 5.28. The number of piperidine rings is 1. The van der Waals surface area contributed by atoms with Crippen molar-refractivity contribution >= 4 is 22.4 Å². The van der Waals surface area contributed by atoms with Gasteiger partial charge in [0.1, 0.15) is 0 Å². The maximum absolute atomic E-state index is 12.2. The van der Waals surface area contributed by atoms with Gasteiger partial charge in [0, 0.05) is 25.0 Å². The Hall–Kier alpha value is -1.18. The molecule has 1 unspecified atom stereocenters. The number of morpholine rings is 1. The maximum Gasteiger partial charge on any atom is 0.224 e. The summed E-state index contributed by atoms with van der Waals surface area (Å²) in [6.07, 6.45) is 2.10. The molecule has 2 aliphatic rings. The summed E-state index contributed by atoms with van der Waals surface area (Å²) in [5.74, 6) is 0.281. The molecule has 0 radical (unpaired) electrons. The number of carbonyl (C=O) groups is 1. The van der Waals surface area contributed by atoms with Gasteiger partial charge < -0.3 is 19.9 Å². The molecule has 0 aromatic carbocycles. The maximum atomic E-state index is 12.2. The molecule has 6 nitrogen and oxygen atoms in total. The minimum absolute atomic E-state index is 0.121. The van der Waals surface area contributed by atoms with E-state index in [1.807, 2.05) is 5.38 Å². The van der Waals surface area contributed by atoms with E-state index >= 15 is 0 Å². The Bertz CT molecular complexity index is 501. The molecule has 22 heavy (non-hydrogen) atoms. The Labute approximate surface area is 135 Å². The van der Waals surface area contributed by atoms with Gasteiger partial charge in [-0.15, -0.1) is 11.3 Å². The highest BCUT2D eigenvalue weighted by atomic mass is 32.1. The molecule has 1 amide bonds. The van der Waals surface area contributed by atoms with E-state index in [9.17, 15) is 4.79 Å². The number of ether oxygens (including phenoxy) is 1. The minimum atomic E-state index is 0.121. The van der Waals surface area contributed by atoms with Crippen molar-refractivity contribution in [3.63, 3.8) is 0 Å². The lowest BCUT2D eigenvalue weighted by atomic mass is 9.98. The van der Waals surface area contributed by atoms with Crippen molar-refractivity contribution in [2.24, 2.45) is 5.92 Å². The number of aromatic nitrogens is 1. The molecule has 0 bridgehead atoms. The summed E-state index contributed by atoms with van der Waals surface area (Å²) in [5, 5.41) is 6.11. The van der Waals surface area contributed by atoms with Gasteiger partial charge in [0.2, 0.25) is 5.91 Å². The number of amides is 1. The number of hydrogen-bond donors (Lipinski definition) is 1. The highest BCUT2D eigenvalue weighted by molar-refractivity contribution is 7.13. The highest BCUT2D eigenvalue weighted by Gasteiger charge is 2.23. The molecule has 1 aromatic rings. The summed E-state index contributed by atoms with van der Waals surface area (Å²) < 4.78 is 5.36. The molecule has 1 N–H and O–H groups in total. The van der Waals surface area contributed by atoms with Crippen LogP contribution in [0.1, 0.15) is 18.5 Å². The number of rotatable bonds is 4. The van der Waals surface area contributed by atoms with Gasteiger partial charge in [-0.05, 0) is 26.4 Å². The monoisotopic (exact) mass is 324 g/mol. The predicted octanol–water partition coefficient (Wildman–Crippen LogP) is 0.938. The lowest BCUT2D eigenvalue weighted by Crippen LogP contribution is -2.41. The van der Waals surface area contributed by atoms with Gasteiger partial charge in [0.15, 0.2) is 5.13 Å². The number of nitrogens with zero attached hydrogens (tertiary/aromatic N) is 3. The van der Waals surface area contributed by atoms with Crippen molar-refractivity contribution in [2.75, 3.05) is 51.3 Å². The van der Waals surface area contributed by atoms with Crippen molar-refractivity contribution in [1.82, 2.24) is 15.2 Å². The molecule has 122 valence electrons. The molecule has 2 aliphatic heterocycles. The second-order valence-electron chi connectivity index (χ2n) is 6.04. The van der Waals surface area contributed by atoms with Crippen molar-refractivity contribution < 1.29 is 9.53 Å². The average molecular weight is 324 g/mol. The normalized spacial score (nSPS) is 23.5. The smallest absolute Gasteiger partial charge is 0.224 e. The van der Waals surface area contributed by atoms with Crippen LogP contribution in [0.3, 0.4) is 0 Å². The molecule has 1 atom stereocenters. The number of likely N-dealkylation sites (tertiary alicyclic amines) is 1. The SMILES string of the molecule is CN1CCCC(C(=O)NCc2csc(N3CCOCC3)n2)C1. The van der Waals surface area contributed by atoms with Crippen molar-refractivity contribution in [2.45, 2.75) is 19.4 Å². The second-order valence-corrected chi connectivity index (χ2v) is 6.88. The molecule has 0 spiro atoms. The molecule has 0 aliphatic carbocycles. The van der Waals surface area contributed by atoms with Crippen LogP contribution in [-0.4, -0.2) is 62.2 Å². The van der Waals surface area contributed by atoms with Crippen LogP contribution >= 0.6 is 11.3 Å². The Morgan fingerprint density at radius 3 is 3.05 bits per heavy atom. The van der Waals surface area contributed by atoms with Crippen LogP contribution < -0.4 is 10.2 Å². The minimum Gasteiger partial charge on any atom is -0.378 e. The summed E-state index contributed by atoms with van der Waals surface area (Å²) in [6, 6.07) is 0. The first-order valence-corrected chi connectivity index (χ1v) is 8.83. The molecule has 3 heterocycles. The molecule has 2 fully saturated rings. The third kappa shape index (κ3) is 3.97. The van der Waals surface area contributed by atoms with E-state index in [1.165, 1.54) is 0 Å². The van der Waals surface area contributed by atoms with Crippen molar-refractivity contribution in [3.8, 4) is 0 Å². The zero-order chi connectivity index (χ0) is 15.4. The van der Waals surface area contributed by atoms with Crippen molar-refractivity contribution in [3.05, 3.63) is 11.1 Å². The Morgan fingerprint density at radius 2 is 2.27 bits per heavy atom. The number of anilines is 1. The largest absolute Gasteiger partial charge is 0.378 e. The molecule has 7 heteroatoms. The van der Waals surface area contributed by atoms with Crippen LogP contribution in [0.5, 0.6) is 0 Å². The predicted molar refractivity (Wildman–Crippen MR) is 87.2 cm³/mol. The Morgan fingerprint density at radius 1 is 1.45 bits per heavy atom. The first-order valence-electron chi connectivity index (χ1n) is 7.96. The molecule has 3 rings (SSSR count). The molecule has 0 saturated carbocycles. The van der Waals surface area contributed by atoms with Gasteiger partial charge in [-0.1, -0.05) is 0 Å². The lowest BCUT2D eigenvalue weighted by Gasteiger charge is -2.28. The molecule has 1 aromatic heterocycles. The fourth-order valence-electron chi connectivity index (χ4n) is 2.98. The summed E-state index contributed by atoms with van der Waals surface area (Å²) in [4.78, 5) is 21.3. The first-order chi connectivity index (χ1) is 10.7. The fourth-order valence-corrected chi connectivity index (χ4v) is 3.86. The standard InChI is InChI=1S/C15H24N4O2S/c1-18-4-2-3-12(10-18)14(20)16-9-13-11-22-15(17-13)19-5-7-21-8-6-19/h11-12H,2-10H2,1H3,(H,16,20). The zero-order valence-electron chi connectivity index (χ0n) is 13.1. The summed E-state index contributed by atoms with van der Waals surface area (Å²) in [7, 11) is 2.08. The second kappa shape index (κ2) is 7.39. The van der Waals surface area contributed by atoms with Gasteiger partial charge in [0.25, 0.3) is 0 Å². The van der Waals surface area contributed by atoms with E-state index in [1.54, 1.807) is 11.3 Å². The van der Waals surface area contributed by atoms with Gasteiger partial charge >= 0.3 is 0 Å². The zero-order valence-corrected chi connectivity index (χ0v) is 13.9.